The van der Waals surface area contributed by atoms with Gasteiger partial charge in [0.15, 0.2) is 11.2 Å². The van der Waals surface area contributed by atoms with Crippen LogP contribution in [0.1, 0.15) is 38.5 Å². The lowest BCUT2D eigenvalue weighted by molar-refractivity contribution is -0.120. The van der Waals surface area contributed by atoms with Crippen LogP contribution in [-0.2, 0) is 9.53 Å². The normalized spacial score (nSPS) is 24.0. The summed E-state index contributed by atoms with van der Waals surface area (Å²) in [6.07, 6.45) is 7.39. The number of carbonyl (C=O) groups is 1. The Morgan fingerprint density at radius 1 is 1.22 bits per heavy atom. The molecule has 0 bridgehead atoms. The van der Waals surface area contributed by atoms with E-state index in [0.717, 1.165) is 62.3 Å². The Morgan fingerprint density at radius 2 is 2.03 bits per heavy atom. The second kappa shape index (κ2) is 11.8. The van der Waals surface area contributed by atoms with E-state index in [4.69, 9.17) is 9.47 Å². The van der Waals surface area contributed by atoms with Gasteiger partial charge in [0, 0.05) is 33.2 Å². The molecule has 1 unspecified atom stereocenters. The summed E-state index contributed by atoms with van der Waals surface area (Å²) in [7, 11) is 3.59. The SMILES string of the molecule is CO[C@@H]1CCC[C@H](Oc2cc(F)ccc2Nc2ncnc3c2N(C)C(C(=O)NCC2CCNCC2)S3)C1. The topological polar surface area (TPSA) is 101 Å². The van der Waals surface area contributed by atoms with Gasteiger partial charge in [0.05, 0.1) is 11.8 Å². The number of carbonyl (C=O) groups excluding carboxylic acids is 1. The maximum Gasteiger partial charge on any atom is 0.253 e. The third kappa shape index (κ3) is 6.10. The molecule has 2 fully saturated rings. The van der Waals surface area contributed by atoms with Crippen molar-refractivity contribution in [1.29, 1.82) is 0 Å². The molecule has 11 heteroatoms. The number of piperidine rings is 1. The van der Waals surface area contributed by atoms with Crippen molar-refractivity contribution in [2.75, 3.05) is 44.0 Å². The Balaban J connectivity index is 1.29. The maximum absolute atomic E-state index is 14.2. The molecule has 5 rings (SSSR count). The van der Waals surface area contributed by atoms with Gasteiger partial charge in [-0.15, -0.1) is 0 Å². The van der Waals surface area contributed by atoms with Gasteiger partial charge < -0.3 is 30.3 Å². The minimum atomic E-state index is -0.439. The van der Waals surface area contributed by atoms with Gasteiger partial charge >= 0.3 is 0 Å². The van der Waals surface area contributed by atoms with Gasteiger partial charge in [0.1, 0.15) is 34.7 Å². The molecule has 37 heavy (non-hydrogen) atoms. The van der Waals surface area contributed by atoms with Crippen molar-refractivity contribution in [3.8, 4) is 5.75 Å². The molecule has 1 saturated heterocycles. The van der Waals surface area contributed by atoms with E-state index < -0.39 is 5.37 Å². The zero-order valence-electron chi connectivity index (χ0n) is 21.3. The van der Waals surface area contributed by atoms with E-state index >= 15 is 0 Å². The number of fused-ring (bicyclic) bond motifs is 1. The first-order chi connectivity index (χ1) is 18.0. The summed E-state index contributed by atoms with van der Waals surface area (Å²) in [4.78, 5) is 23.8. The Kier molecular flexibility index (Phi) is 8.31. The number of aromatic nitrogens is 2. The quantitative estimate of drug-likeness (QED) is 0.441. The lowest BCUT2D eigenvalue weighted by atomic mass is 9.95. The highest BCUT2D eigenvalue weighted by atomic mass is 32.2. The lowest BCUT2D eigenvalue weighted by Crippen LogP contribution is -2.44. The van der Waals surface area contributed by atoms with Crippen molar-refractivity contribution in [3.05, 3.63) is 30.3 Å². The fraction of sp³-hybridized carbons (Fsp3) is 0.577. The Bertz CT molecular complexity index is 1100. The number of amides is 1. The van der Waals surface area contributed by atoms with E-state index in [0.29, 0.717) is 29.7 Å². The van der Waals surface area contributed by atoms with Gasteiger partial charge in [-0.3, -0.25) is 4.79 Å². The summed E-state index contributed by atoms with van der Waals surface area (Å²) in [5.74, 6) is 1.07. The molecule has 1 aromatic heterocycles. The minimum absolute atomic E-state index is 0.0363. The van der Waals surface area contributed by atoms with Gasteiger partial charge in [-0.25, -0.2) is 14.4 Å². The standard InChI is InChI=1S/C26H35FN6O3S/c1-33-22-23(30-15-31-25(22)37-26(33)24(34)29-14-16-8-10-28-11-9-16)32-20-7-6-17(27)12-21(20)36-19-5-3-4-18(13-19)35-2/h6-7,12,15-16,18-19,26,28H,3-5,8-11,13-14H2,1-2H3,(H,29,34)(H,30,31,32)/t18-,19+,26?/m1/s1. The van der Waals surface area contributed by atoms with Crippen LogP contribution in [0.25, 0.3) is 0 Å². The van der Waals surface area contributed by atoms with E-state index in [1.807, 2.05) is 11.9 Å². The van der Waals surface area contributed by atoms with Crippen LogP contribution in [0.15, 0.2) is 29.6 Å². The number of ether oxygens (including phenoxy) is 2. The average molecular weight is 531 g/mol. The fourth-order valence-electron chi connectivity index (χ4n) is 5.24. The molecule has 200 valence electrons. The summed E-state index contributed by atoms with van der Waals surface area (Å²) in [5.41, 5.74) is 1.35. The average Bonchev–Trinajstić information content (AvgIpc) is 3.27. The summed E-state index contributed by atoms with van der Waals surface area (Å²) >= 11 is 1.41. The van der Waals surface area contributed by atoms with Crippen LogP contribution in [0.3, 0.4) is 0 Å². The van der Waals surface area contributed by atoms with Crippen LogP contribution in [0.2, 0.25) is 0 Å². The zero-order chi connectivity index (χ0) is 25.8. The molecule has 3 heterocycles. The third-order valence-corrected chi connectivity index (χ3v) is 8.64. The van der Waals surface area contributed by atoms with Crippen molar-refractivity contribution in [1.82, 2.24) is 20.6 Å². The highest BCUT2D eigenvalue weighted by molar-refractivity contribution is 8.01. The first-order valence-electron chi connectivity index (χ1n) is 13.0. The van der Waals surface area contributed by atoms with Crippen molar-refractivity contribution in [3.63, 3.8) is 0 Å². The van der Waals surface area contributed by atoms with Crippen LogP contribution in [-0.4, -0.2) is 67.2 Å². The molecule has 1 saturated carbocycles. The van der Waals surface area contributed by atoms with Gasteiger partial charge in [0.25, 0.3) is 5.91 Å². The number of benzene rings is 1. The third-order valence-electron chi connectivity index (χ3n) is 7.37. The number of hydrogen-bond donors (Lipinski definition) is 3. The number of thioether (sulfide) groups is 1. The lowest BCUT2D eigenvalue weighted by Gasteiger charge is -2.29. The molecule has 3 atom stereocenters. The van der Waals surface area contributed by atoms with Crippen LogP contribution in [0.5, 0.6) is 5.75 Å². The second-order valence-electron chi connectivity index (χ2n) is 9.93. The van der Waals surface area contributed by atoms with Crippen molar-refractivity contribution >= 4 is 34.9 Å². The molecule has 0 radical (unpaired) electrons. The maximum atomic E-state index is 14.2. The summed E-state index contributed by atoms with van der Waals surface area (Å²) in [6, 6.07) is 4.45. The highest BCUT2D eigenvalue weighted by Gasteiger charge is 2.37. The van der Waals surface area contributed by atoms with Gasteiger partial charge in [-0.1, -0.05) is 11.8 Å². The number of likely N-dealkylation sites (N-methyl/N-ethyl adjacent to an activating group) is 1. The molecular weight excluding hydrogens is 495 g/mol. The fourth-order valence-corrected chi connectivity index (χ4v) is 6.36. The molecule has 2 aliphatic heterocycles. The number of anilines is 3. The number of nitrogens with zero attached hydrogens (tertiary/aromatic N) is 3. The number of rotatable bonds is 8. The van der Waals surface area contributed by atoms with E-state index in [9.17, 15) is 9.18 Å². The zero-order valence-corrected chi connectivity index (χ0v) is 22.2. The van der Waals surface area contributed by atoms with E-state index in [2.05, 4.69) is 25.9 Å². The van der Waals surface area contributed by atoms with E-state index in [1.54, 1.807) is 13.2 Å². The largest absolute Gasteiger partial charge is 0.488 e. The summed E-state index contributed by atoms with van der Waals surface area (Å²) < 4.78 is 26.0. The molecule has 3 N–H and O–H groups in total. The van der Waals surface area contributed by atoms with Crippen molar-refractivity contribution in [2.45, 2.75) is 61.1 Å². The first-order valence-corrected chi connectivity index (χ1v) is 13.9. The van der Waals surface area contributed by atoms with Gasteiger partial charge in [-0.2, -0.15) is 0 Å². The number of nitrogens with one attached hydrogen (secondary N) is 3. The summed E-state index contributed by atoms with van der Waals surface area (Å²) in [6.45, 7) is 2.68. The Labute approximate surface area is 221 Å². The molecule has 1 aliphatic carbocycles. The second-order valence-corrected chi connectivity index (χ2v) is 11.0. The number of hydrogen-bond acceptors (Lipinski definition) is 9. The predicted octanol–water partition coefficient (Wildman–Crippen LogP) is 3.68. The molecule has 9 nitrogen and oxygen atoms in total. The molecule has 3 aliphatic rings. The van der Waals surface area contributed by atoms with Crippen LogP contribution in [0.4, 0.5) is 21.6 Å². The molecule has 0 spiro atoms. The molecule has 1 aromatic carbocycles. The van der Waals surface area contributed by atoms with E-state index in [1.165, 1.54) is 30.2 Å². The molecule has 1 amide bonds. The van der Waals surface area contributed by atoms with Crippen LogP contribution >= 0.6 is 11.8 Å². The number of halogens is 1. The van der Waals surface area contributed by atoms with Crippen molar-refractivity contribution < 1.29 is 18.7 Å². The molecule has 2 aromatic rings. The Hall–Kier alpha value is -2.63. The molecular formula is C26H35FN6O3S. The number of methoxy groups -OCH3 is 1. The monoisotopic (exact) mass is 530 g/mol. The Morgan fingerprint density at radius 3 is 2.84 bits per heavy atom. The van der Waals surface area contributed by atoms with E-state index in [-0.39, 0.29) is 23.9 Å². The predicted molar refractivity (Wildman–Crippen MR) is 142 cm³/mol. The summed E-state index contributed by atoms with van der Waals surface area (Å²) in [5, 5.41) is 10.1. The van der Waals surface area contributed by atoms with Crippen molar-refractivity contribution in [2.24, 2.45) is 5.92 Å². The minimum Gasteiger partial charge on any atom is -0.488 e. The van der Waals surface area contributed by atoms with Crippen LogP contribution in [0, 0.1) is 11.7 Å². The first kappa shape index (κ1) is 26.0. The highest BCUT2D eigenvalue weighted by Crippen LogP contribution is 2.46. The van der Waals surface area contributed by atoms with Crippen LogP contribution < -0.4 is 25.6 Å². The smallest absolute Gasteiger partial charge is 0.253 e. The van der Waals surface area contributed by atoms with Gasteiger partial charge in [-0.05, 0) is 63.2 Å². The van der Waals surface area contributed by atoms with Gasteiger partial charge in [0.2, 0.25) is 0 Å².